The van der Waals surface area contributed by atoms with Gasteiger partial charge >= 0.3 is 11.9 Å². The first kappa shape index (κ1) is 17.5. The van der Waals surface area contributed by atoms with Crippen LogP contribution in [-0.4, -0.2) is 30.3 Å². The maximum Gasteiger partial charge on any atom is 0.333 e. The number of carboxylic acids is 1. The Hall–Kier alpha value is -2.56. The van der Waals surface area contributed by atoms with Crippen LogP contribution in [0.3, 0.4) is 0 Å². The number of hydrogen-bond donors (Lipinski definition) is 1. The van der Waals surface area contributed by atoms with Crippen LogP contribution in [0.5, 0.6) is 5.75 Å². The Morgan fingerprint density at radius 3 is 2.41 bits per heavy atom. The molecule has 0 saturated heterocycles. The second kappa shape index (κ2) is 9.39. The highest BCUT2D eigenvalue weighted by molar-refractivity contribution is 5.86. The first-order chi connectivity index (χ1) is 10.5. The molecule has 1 N–H and O–H groups in total. The standard InChI is InChI=1S/C17H20O5/c1-13(2)17(20)22-12-4-3-11-21-15-8-5-14(6-9-15)7-10-16(18)19/h5-10H,1,3-4,11-12H2,2H3,(H,18,19)/b10-7+. The Kier molecular flexibility index (Phi) is 7.47. The van der Waals surface area contributed by atoms with E-state index in [2.05, 4.69) is 6.58 Å². The molecule has 0 heterocycles. The molecular formula is C17H20O5. The van der Waals surface area contributed by atoms with Crippen molar-refractivity contribution in [3.63, 3.8) is 0 Å². The first-order valence-corrected chi connectivity index (χ1v) is 6.95. The van der Waals surface area contributed by atoms with E-state index in [0.717, 1.165) is 24.5 Å². The van der Waals surface area contributed by atoms with Crippen LogP contribution in [0.15, 0.2) is 42.5 Å². The molecule has 0 aromatic heterocycles. The van der Waals surface area contributed by atoms with Crippen molar-refractivity contribution in [3.8, 4) is 5.75 Å². The van der Waals surface area contributed by atoms with Gasteiger partial charge in [-0.15, -0.1) is 0 Å². The van der Waals surface area contributed by atoms with Gasteiger partial charge < -0.3 is 14.6 Å². The van der Waals surface area contributed by atoms with Gasteiger partial charge in [-0.25, -0.2) is 9.59 Å². The number of carbonyl (C=O) groups excluding carboxylic acids is 1. The van der Waals surface area contributed by atoms with E-state index in [1.165, 1.54) is 6.08 Å². The fourth-order valence-electron chi connectivity index (χ4n) is 1.52. The number of esters is 1. The minimum Gasteiger partial charge on any atom is -0.494 e. The molecule has 0 spiro atoms. The van der Waals surface area contributed by atoms with Crippen molar-refractivity contribution in [2.24, 2.45) is 0 Å². The van der Waals surface area contributed by atoms with Gasteiger partial charge in [0.2, 0.25) is 0 Å². The van der Waals surface area contributed by atoms with Crippen LogP contribution in [0.1, 0.15) is 25.3 Å². The van der Waals surface area contributed by atoms with Crippen LogP contribution in [-0.2, 0) is 14.3 Å². The van der Waals surface area contributed by atoms with Crippen molar-refractivity contribution in [3.05, 3.63) is 48.1 Å². The van der Waals surface area contributed by atoms with E-state index < -0.39 is 5.97 Å². The Bertz CT molecular complexity index is 543. The zero-order valence-electron chi connectivity index (χ0n) is 12.6. The molecule has 0 amide bonds. The molecule has 0 aliphatic rings. The molecular weight excluding hydrogens is 284 g/mol. The predicted octanol–water partition coefficient (Wildman–Crippen LogP) is 3.06. The number of carbonyl (C=O) groups is 2. The van der Waals surface area contributed by atoms with Gasteiger partial charge in [-0.05, 0) is 43.5 Å². The van der Waals surface area contributed by atoms with Crippen molar-refractivity contribution in [2.75, 3.05) is 13.2 Å². The second-order valence-corrected chi connectivity index (χ2v) is 4.71. The van der Waals surface area contributed by atoms with E-state index in [1.54, 1.807) is 31.2 Å². The third-order valence-corrected chi connectivity index (χ3v) is 2.69. The molecule has 0 radical (unpaired) electrons. The average molecular weight is 304 g/mol. The molecule has 5 nitrogen and oxygen atoms in total. The second-order valence-electron chi connectivity index (χ2n) is 4.71. The molecule has 0 unspecified atom stereocenters. The summed E-state index contributed by atoms with van der Waals surface area (Å²) in [6, 6.07) is 7.12. The van der Waals surface area contributed by atoms with Gasteiger partial charge in [-0.2, -0.15) is 0 Å². The third-order valence-electron chi connectivity index (χ3n) is 2.69. The normalized spacial score (nSPS) is 10.4. The van der Waals surface area contributed by atoms with Crippen LogP contribution in [0.2, 0.25) is 0 Å². The lowest BCUT2D eigenvalue weighted by atomic mass is 10.2. The van der Waals surface area contributed by atoms with Crippen LogP contribution < -0.4 is 4.74 Å². The lowest BCUT2D eigenvalue weighted by Gasteiger charge is -2.07. The molecule has 22 heavy (non-hydrogen) atoms. The summed E-state index contributed by atoms with van der Waals surface area (Å²) in [6.45, 7) is 5.99. The van der Waals surface area contributed by atoms with Gasteiger partial charge in [0.25, 0.3) is 0 Å². The molecule has 1 rings (SSSR count). The van der Waals surface area contributed by atoms with E-state index in [1.807, 2.05) is 0 Å². The van der Waals surface area contributed by atoms with Gasteiger partial charge in [0.05, 0.1) is 13.2 Å². The molecule has 0 saturated carbocycles. The van der Waals surface area contributed by atoms with Gasteiger partial charge in [-0.3, -0.25) is 0 Å². The molecule has 0 aliphatic carbocycles. The topological polar surface area (TPSA) is 72.8 Å². The van der Waals surface area contributed by atoms with Crippen LogP contribution in [0.25, 0.3) is 6.08 Å². The molecule has 0 atom stereocenters. The van der Waals surface area contributed by atoms with Gasteiger partial charge in [0, 0.05) is 11.6 Å². The molecule has 0 fully saturated rings. The zero-order valence-corrected chi connectivity index (χ0v) is 12.6. The molecule has 118 valence electrons. The zero-order chi connectivity index (χ0) is 16.4. The minimum atomic E-state index is -0.979. The summed E-state index contributed by atoms with van der Waals surface area (Å²) in [5.74, 6) is -0.634. The van der Waals surface area contributed by atoms with E-state index >= 15 is 0 Å². The predicted molar refractivity (Wildman–Crippen MR) is 83.6 cm³/mol. The SMILES string of the molecule is C=C(C)C(=O)OCCCCOc1ccc(/C=C/C(=O)O)cc1. The van der Waals surface area contributed by atoms with E-state index in [9.17, 15) is 9.59 Å². The number of ether oxygens (including phenoxy) is 2. The van der Waals surface area contributed by atoms with Crippen LogP contribution in [0, 0.1) is 0 Å². The van der Waals surface area contributed by atoms with Crippen molar-refractivity contribution in [1.29, 1.82) is 0 Å². The van der Waals surface area contributed by atoms with E-state index in [4.69, 9.17) is 14.6 Å². The lowest BCUT2D eigenvalue weighted by molar-refractivity contribution is -0.139. The number of benzene rings is 1. The quantitative estimate of drug-likeness (QED) is 0.431. The number of unbranched alkanes of at least 4 members (excludes halogenated alkanes) is 1. The largest absolute Gasteiger partial charge is 0.494 e. The summed E-state index contributed by atoms with van der Waals surface area (Å²) in [5, 5.41) is 8.53. The Morgan fingerprint density at radius 1 is 1.18 bits per heavy atom. The molecule has 0 bridgehead atoms. The first-order valence-electron chi connectivity index (χ1n) is 6.95. The maximum atomic E-state index is 11.1. The number of carboxylic acid groups (broad SMARTS) is 1. The van der Waals surface area contributed by atoms with Crippen LogP contribution in [0.4, 0.5) is 0 Å². The summed E-state index contributed by atoms with van der Waals surface area (Å²) in [7, 11) is 0. The van der Waals surface area contributed by atoms with Gasteiger partial charge in [-0.1, -0.05) is 18.7 Å². The number of hydrogen-bond acceptors (Lipinski definition) is 4. The third kappa shape index (κ3) is 7.28. The van der Waals surface area contributed by atoms with Crippen molar-refractivity contribution in [1.82, 2.24) is 0 Å². The highest BCUT2D eigenvalue weighted by Gasteiger charge is 2.02. The molecule has 1 aromatic carbocycles. The van der Waals surface area contributed by atoms with E-state index in [0.29, 0.717) is 24.5 Å². The molecule has 5 heteroatoms. The lowest BCUT2D eigenvalue weighted by Crippen LogP contribution is -2.07. The molecule has 1 aromatic rings. The fraction of sp³-hybridized carbons (Fsp3) is 0.294. The Balaban J connectivity index is 2.21. The average Bonchev–Trinajstić information content (AvgIpc) is 2.49. The van der Waals surface area contributed by atoms with Crippen LogP contribution >= 0.6 is 0 Å². The minimum absolute atomic E-state index is 0.355. The van der Waals surface area contributed by atoms with Crippen molar-refractivity contribution < 1.29 is 24.2 Å². The van der Waals surface area contributed by atoms with Gasteiger partial charge in [0.1, 0.15) is 5.75 Å². The monoisotopic (exact) mass is 304 g/mol. The maximum absolute atomic E-state index is 11.1. The summed E-state index contributed by atoms with van der Waals surface area (Å²) in [6.07, 6.45) is 4.09. The summed E-state index contributed by atoms with van der Waals surface area (Å²) < 4.78 is 10.5. The fourth-order valence-corrected chi connectivity index (χ4v) is 1.52. The van der Waals surface area contributed by atoms with Crippen molar-refractivity contribution in [2.45, 2.75) is 19.8 Å². The number of rotatable bonds is 9. The Labute approximate surface area is 129 Å². The summed E-state index contributed by atoms with van der Waals surface area (Å²) >= 11 is 0. The van der Waals surface area contributed by atoms with Gasteiger partial charge in [0.15, 0.2) is 0 Å². The number of aliphatic carboxylic acids is 1. The smallest absolute Gasteiger partial charge is 0.333 e. The summed E-state index contributed by atoms with van der Waals surface area (Å²) in [4.78, 5) is 21.5. The highest BCUT2D eigenvalue weighted by atomic mass is 16.5. The van der Waals surface area contributed by atoms with E-state index in [-0.39, 0.29) is 5.97 Å². The highest BCUT2D eigenvalue weighted by Crippen LogP contribution is 2.13. The molecule has 0 aliphatic heterocycles. The summed E-state index contributed by atoms with van der Waals surface area (Å²) in [5.41, 5.74) is 1.19. The van der Waals surface area contributed by atoms with Crippen molar-refractivity contribution >= 4 is 18.0 Å². The Morgan fingerprint density at radius 2 is 1.82 bits per heavy atom.